The second kappa shape index (κ2) is 10.0. The van der Waals surface area contributed by atoms with E-state index >= 15 is 0 Å². The van der Waals surface area contributed by atoms with E-state index in [0.29, 0.717) is 26.0 Å². The van der Waals surface area contributed by atoms with Crippen LogP contribution >= 0.6 is 0 Å². The summed E-state index contributed by atoms with van der Waals surface area (Å²) in [5.74, 6) is -0.165. The Balaban J connectivity index is 2.06. The number of carbonyl (C=O) groups excluding carboxylic acids is 2. The number of ether oxygens (including phenoxy) is 2. The molecule has 27 heavy (non-hydrogen) atoms. The van der Waals surface area contributed by atoms with Crippen LogP contribution in [0, 0.1) is 10.1 Å². The summed E-state index contributed by atoms with van der Waals surface area (Å²) in [7, 11) is 1.55. The number of hydrogen-bond donors (Lipinski definition) is 0. The molecule has 142 valence electrons. The molecule has 0 aromatic heterocycles. The van der Waals surface area contributed by atoms with Crippen LogP contribution in [0.3, 0.4) is 0 Å². The molecule has 0 atom stereocenters. The third-order valence-corrected chi connectivity index (χ3v) is 3.82. The number of hydrogen-bond acceptors (Lipinski definition) is 6. The molecule has 0 aliphatic carbocycles. The first kappa shape index (κ1) is 20.1. The molecule has 0 unspecified atom stereocenters. The maximum atomic E-state index is 12.6. The van der Waals surface area contributed by atoms with E-state index < -0.39 is 4.92 Å². The molecule has 0 heterocycles. The number of benzene rings is 2. The first-order chi connectivity index (χ1) is 13.0. The number of aldehydes is 1. The Hall–Kier alpha value is -3.26. The highest BCUT2D eigenvalue weighted by atomic mass is 16.6. The Bertz CT molecular complexity index is 794. The minimum Gasteiger partial charge on any atom is -0.483 e. The Morgan fingerprint density at radius 3 is 2.59 bits per heavy atom. The predicted octanol–water partition coefficient (Wildman–Crippen LogP) is 2.46. The summed E-state index contributed by atoms with van der Waals surface area (Å²) in [5, 5.41) is 10.8. The third kappa shape index (κ3) is 5.89. The average molecular weight is 372 g/mol. The molecular formula is C19H20N2O6. The van der Waals surface area contributed by atoms with Crippen molar-refractivity contribution < 1.29 is 24.0 Å². The van der Waals surface area contributed by atoms with Crippen LogP contribution in [0.2, 0.25) is 0 Å². The molecule has 2 rings (SSSR count). The molecule has 0 aliphatic rings. The van der Waals surface area contributed by atoms with Crippen LogP contribution < -0.4 is 4.74 Å². The maximum Gasteiger partial charge on any atom is 0.270 e. The van der Waals surface area contributed by atoms with Crippen LogP contribution in [0.15, 0.2) is 48.5 Å². The number of rotatable bonds is 10. The van der Waals surface area contributed by atoms with E-state index in [1.807, 2.05) is 30.3 Å². The molecule has 0 fully saturated rings. The third-order valence-electron chi connectivity index (χ3n) is 3.82. The minimum absolute atomic E-state index is 0.0171. The van der Waals surface area contributed by atoms with Gasteiger partial charge in [-0.3, -0.25) is 19.7 Å². The van der Waals surface area contributed by atoms with Crippen LogP contribution in [-0.2, 0) is 16.1 Å². The van der Waals surface area contributed by atoms with Gasteiger partial charge >= 0.3 is 0 Å². The van der Waals surface area contributed by atoms with Crippen LogP contribution in [0.25, 0.3) is 0 Å². The summed E-state index contributed by atoms with van der Waals surface area (Å²) in [6.07, 6.45) is 0.458. The fourth-order valence-electron chi connectivity index (χ4n) is 2.40. The average Bonchev–Trinajstić information content (AvgIpc) is 2.69. The van der Waals surface area contributed by atoms with Crippen molar-refractivity contribution in [1.82, 2.24) is 4.90 Å². The number of nitro groups is 1. The number of methoxy groups -OCH3 is 1. The maximum absolute atomic E-state index is 12.6. The lowest BCUT2D eigenvalue weighted by Crippen LogP contribution is -2.36. The van der Waals surface area contributed by atoms with E-state index in [1.165, 1.54) is 12.1 Å². The molecule has 2 aromatic rings. The van der Waals surface area contributed by atoms with Crippen molar-refractivity contribution in [2.75, 3.05) is 26.9 Å². The zero-order chi connectivity index (χ0) is 19.6. The molecule has 0 bridgehead atoms. The quantitative estimate of drug-likeness (QED) is 0.361. The highest BCUT2D eigenvalue weighted by Crippen LogP contribution is 2.22. The van der Waals surface area contributed by atoms with Gasteiger partial charge in [0.15, 0.2) is 12.9 Å². The normalized spacial score (nSPS) is 10.3. The lowest BCUT2D eigenvalue weighted by molar-refractivity contribution is -0.384. The van der Waals surface area contributed by atoms with Gasteiger partial charge in [-0.25, -0.2) is 0 Å². The fourth-order valence-corrected chi connectivity index (χ4v) is 2.40. The molecule has 8 nitrogen and oxygen atoms in total. The number of non-ortho nitro benzene ring substituents is 1. The SMILES string of the molecule is COCCN(Cc1ccccc1)C(=O)COc1ccc([N+](=O)[O-])cc1C=O. The summed E-state index contributed by atoms with van der Waals surface area (Å²) < 4.78 is 10.5. The van der Waals surface area contributed by atoms with E-state index in [1.54, 1.807) is 12.0 Å². The summed E-state index contributed by atoms with van der Waals surface area (Å²) in [6.45, 7) is 0.854. The first-order valence-electron chi connectivity index (χ1n) is 8.22. The van der Waals surface area contributed by atoms with E-state index in [2.05, 4.69) is 0 Å². The summed E-state index contributed by atoms with van der Waals surface area (Å²) in [5.41, 5.74) is 0.760. The summed E-state index contributed by atoms with van der Waals surface area (Å²) >= 11 is 0. The number of carbonyl (C=O) groups is 2. The highest BCUT2D eigenvalue weighted by Gasteiger charge is 2.17. The van der Waals surface area contributed by atoms with Crippen molar-refractivity contribution in [1.29, 1.82) is 0 Å². The van der Waals surface area contributed by atoms with E-state index in [-0.39, 0.29) is 29.5 Å². The highest BCUT2D eigenvalue weighted by molar-refractivity contribution is 5.82. The second-order valence-corrected chi connectivity index (χ2v) is 5.68. The molecule has 8 heteroatoms. The molecule has 0 N–H and O–H groups in total. The van der Waals surface area contributed by atoms with Crippen LogP contribution in [0.5, 0.6) is 5.75 Å². The molecule has 0 radical (unpaired) electrons. The topological polar surface area (TPSA) is 99.0 Å². The molecule has 0 spiro atoms. The zero-order valence-electron chi connectivity index (χ0n) is 14.9. The zero-order valence-corrected chi connectivity index (χ0v) is 14.9. The second-order valence-electron chi connectivity index (χ2n) is 5.68. The van der Waals surface area contributed by atoms with Gasteiger partial charge in [0.05, 0.1) is 17.1 Å². The molecule has 1 amide bonds. The number of nitrogens with zero attached hydrogens (tertiary/aromatic N) is 2. The minimum atomic E-state index is -0.603. The Morgan fingerprint density at radius 1 is 1.22 bits per heavy atom. The molecular weight excluding hydrogens is 352 g/mol. The van der Waals surface area contributed by atoms with Gasteiger partial charge in [-0.2, -0.15) is 0 Å². The lowest BCUT2D eigenvalue weighted by Gasteiger charge is -2.22. The Labute approximate surface area is 156 Å². The Kier molecular flexibility index (Phi) is 7.45. The van der Waals surface area contributed by atoms with Gasteiger partial charge < -0.3 is 14.4 Å². The van der Waals surface area contributed by atoms with Gasteiger partial charge in [0.2, 0.25) is 0 Å². The molecule has 2 aromatic carbocycles. The van der Waals surface area contributed by atoms with Crippen LogP contribution in [-0.4, -0.2) is 48.9 Å². The van der Waals surface area contributed by atoms with Gasteiger partial charge in [0.1, 0.15) is 5.75 Å². The largest absolute Gasteiger partial charge is 0.483 e. The molecule has 0 aliphatic heterocycles. The standard InChI is InChI=1S/C19H20N2O6/c1-26-10-9-20(12-15-5-3-2-4-6-15)19(23)14-27-18-8-7-17(21(24)25)11-16(18)13-22/h2-8,11,13H,9-10,12,14H2,1H3. The number of amides is 1. The van der Waals surface area contributed by atoms with Crippen molar-refractivity contribution in [2.24, 2.45) is 0 Å². The fraction of sp³-hybridized carbons (Fsp3) is 0.263. The van der Waals surface area contributed by atoms with Gasteiger partial charge in [0, 0.05) is 32.3 Å². The van der Waals surface area contributed by atoms with Gasteiger partial charge in [0.25, 0.3) is 11.6 Å². The van der Waals surface area contributed by atoms with Gasteiger partial charge in [-0.05, 0) is 11.6 Å². The van der Waals surface area contributed by atoms with Crippen molar-refractivity contribution in [3.63, 3.8) is 0 Å². The number of nitro benzene ring substituents is 1. The Morgan fingerprint density at radius 2 is 1.96 bits per heavy atom. The smallest absolute Gasteiger partial charge is 0.270 e. The predicted molar refractivity (Wildman–Crippen MR) is 97.7 cm³/mol. The van der Waals surface area contributed by atoms with Gasteiger partial charge in [-0.1, -0.05) is 30.3 Å². The lowest BCUT2D eigenvalue weighted by atomic mass is 10.2. The van der Waals surface area contributed by atoms with E-state index in [0.717, 1.165) is 11.6 Å². The summed E-state index contributed by atoms with van der Waals surface area (Å²) in [6, 6.07) is 13.1. The van der Waals surface area contributed by atoms with Crippen LogP contribution in [0.4, 0.5) is 5.69 Å². The monoisotopic (exact) mass is 372 g/mol. The molecule has 0 saturated carbocycles. The van der Waals surface area contributed by atoms with Gasteiger partial charge in [-0.15, -0.1) is 0 Å². The molecule has 0 saturated heterocycles. The van der Waals surface area contributed by atoms with Crippen LogP contribution in [0.1, 0.15) is 15.9 Å². The summed E-state index contributed by atoms with van der Waals surface area (Å²) in [4.78, 5) is 35.5. The van der Waals surface area contributed by atoms with Crippen molar-refractivity contribution in [3.8, 4) is 5.75 Å². The van der Waals surface area contributed by atoms with E-state index in [9.17, 15) is 19.7 Å². The van der Waals surface area contributed by atoms with Crippen molar-refractivity contribution >= 4 is 17.9 Å². The first-order valence-corrected chi connectivity index (χ1v) is 8.22. The van der Waals surface area contributed by atoms with Crippen molar-refractivity contribution in [3.05, 3.63) is 69.8 Å². The van der Waals surface area contributed by atoms with Crippen molar-refractivity contribution in [2.45, 2.75) is 6.54 Å². The van der Waals surface area contributed by atoms with E-state index in [4.69, 9.17) is 9.47 Å².